The van der Waals surface area contributed by atoms with Crippen LogP contribution in [0, 0.1) is 0 Å². The summed E-state index contributed by atoms with van der Waals surface area (Å²) in [6.07, 6.45) is 1.66. The maximum atomic E-state index is 11.6. The second kappa shape index (κ2) is 6.85. The molecule has 0 bridgehead atoms. The number of methoxy groups -OCH3 is 1. The lowest BCUT2D eigenvalue weighted by atomic mass is 10.2. The molecule has 0 aliphatic rings. The van der Waals surface area contributed by atoms with Crippen LogP contribution in [-0.4, -0.2) is 43.2 Å². The van der Waals surface area contributed by atoms with E-state index in [2.05, 4.69) is 4.98 Å². The minimum Gasteiger partial charge on any atom is -0.481 e. The molecule has 94 valence electrons. The van der Waals surface area contributed by atoms with E-state index in [0.717, 1.165) is 5.56 Å². The van der Waals surface area contributed by atoms with Crippen LogP contribution < -0.4 is 4.74 Å². The first kappa shape index (κ1) is 13.4. The highest BCUT2D eigenvalue weighted by Crippen LogP contribution is 2.15. The van der Waals surface area contributed by atoms with E-state index in [1.807, 2.05) is 19.1 Å². The molecule has 1 aromatic heterocycles. The number of aromatic nitrogens is 1. The van der Waals surface area contributed by atoms with Gasteiger partial charge in [-0.05, 0) is 13.0 Å². The molecular formula is C12H18N2O3. The van der Waals surface area contributed by atoms with Gasteiger partial charge in [0.05, 0.1) is 13.7 Å². The summed E-state index contributed by atoms with van der Waals surface area (Å²) >= 11 is 0. The predicted molar refractivity (Wildman–Crippen MR) is 63.8 cm³/mol. The minimum atomic E-state index is -0.0576. The van der Waals surface area contributed by atoms with Crippen molar-refractivity contribution in [1.82, 2.24) is 9.88 Å². The zero-order valence-corrected chi connectivity index (χ0v) is 10.5. The summed E-state index contributed by atoms with van der Waals surface area (Å²) in [7, 11) is 3.29. The number of nitrogens with zero attached hydrogens (tertiary/aromatic N) is 2. The van der Waals surface area contributed by atoms with Gasteiger partial charge in [0, 0.05) is 25.4 Å². The van der Waals surface area contributed by atoms with Crippen molar-refractivity contribution in [3.63, 3.8) is 0 Å². The van der Waals surface area contributed by atoms with Crippen molar-refractivity contribution in [2.24, 2.45) is 0 Å². The molecule has 0 radical (unpaired) electrons. The lowest BCUT2D eigenvalue weighted by Gasteiger charge is -2.18. The van der Waals surface area contributed by atoms with Crippen LogP contribution in [0.1, 0.15) is 12.5 Å². The Morgan fingerprint density at radius 3 is 2.94 bits per heavy atom. The maximum absolute atomic E-state index is 11.6. The van der Waals surface area contributed by atoms with Gasteiger partial charge in [0.15, 0.2) is 0 Å². The number of carbonyl (C=O) groups is 1. The van der Waals surface area contributed by atoms with Gasteiger partial charge in [-0.2, -0.15) is 0 Å². The summed E-state index contributed by atoms with van der Waals surface area (Å²) in [5, 5.41) is 0. The Labute approximate surface area is 101 Å². The van der Waals surface area contributed by atoms with Crippen LogP contribution >= 0.6 is 0 Å². The van der Waals surface area contributed by atoms with Crippen molar-refractivity contribution in [3.8, 4) is 5.88 Å². The number of rotatable bonds is 6. The molecule has 0 saturated heterocycles. The van der Waals surface area contributed by atoms with Gasteiger partial charge in [-0.1, -0.05) is 6.07 Å². The maximum Gasteiger partial charge on any atom is 0.248 e. The van der Waals surface area contributed by atoms with Crippen LogP contribution in [0.2, 0.25) is 0 Å². The second-order valence-corrected chi connectivity index (χ2v) is 3.56. The summed E-state index contributed by atoms with van der Waals surface area (Å²) < 4.78 is 10.2. The van der Waals surface area contributed by atoms with E-state index in [1.165, 1.54) is 0 Å². The van der Waals surface area contributed by atoms with E-state index < -0.39 is 0 Å². The molecule has 0 saturated carbocycles. The standard InChI is InChI=1S/C12H18N2O3/c1-4-17-9-11(15)14(2)8-10-6-5-7-13-12(10)16-3/h5-7H,4,8-9H2,1-3H3. The summed E-state index contributed by atoms with van der Waals surface area (Å²) in [6.45, 7) is 2.96. The Hall–Kier alpha value is -1.62. The number of hydrogen-bond acceptors (Lipinski definition) is 4. The number of ether oxygens (including phenoxy) is 2. The molecule has 0 aliphatic heterocycles. The van der Waals surface area contributed by atoms with Crippen LogP contribution in [0.3, 0.4) is 0 Å². The molecule has 0 atom stereocenters. The summed E-state index contributed by atoms with van der Waals surface area (Å²) in [5.41, 5.74) is 0.877. The molecule has 17 heavy (non-hydrogen) atoms. The lowest BCUT2D eigenvalue weighted by Crippen LogP contribution is -2.30. The quantitative estimate of drug-likeness (QED) is 0.744. The largest absolute Gasteiger partial charge is 0.481 e. The average molecular weight is 238 g/mol. The highest BCUT2D eigenvalue weighted by molar-refractivity contribution is 5.77. The molecule has 1 amide bonds. The monoisotopic (exact) mass is 238 g/mol. The Morgan fingerprint density at radius 1 is 1.53 bits per heavy atom. The SMILES string of the molecule is CCOCC(=O)N(C)Cc1cccnc1OC. The molecule has 1 heterocycles. The van der Waals surface area contributed by atoms with E-state index >= 15 is 0 Å². The van der Waals surface area contributed by atoms with Gasteiger partial charge < -0.3 is 14.4 Å². The topological polar surface area (TPSA) is 51.7 Å². The summed E-state index contributed by atoms with van der Waals surface area (Å²) in [5.74, 6) is 0.487. The highest BCUT2D eigenvalue weighted by atomic mass is 16.5. The molecule has 0 spiro atoms. The third-order valence-corrected chi connectivity index (χ3v) is 2.31. The fourth-order valence-corrected chi connectivity index (χ4v) is 1.37. The van der Waals surface area contributed by atoms with E-state index in [4.69, 9.17) is 9.47 Å². The fourth-order valence-electron chi connectivity index (χ4n) is 1.37. The molecule has 0 fully saturated rings. The summed E-state index contributed by atoms with van der Waals surface area (Å²) in [4.78, 5) is 17.3. The van der Waals surface area contributed by atoms with Crippen LogP contribution in [0.15, 0.2) is 18.3 Å². The third kappa shape index (κ3) is 4.03. The Kier molecular flexibility index (Phi) is 5.42. The smallest absolute Gasteiger partial charge is 0.248 e. The summed E-state index contributed by atoms with van der Waals surface area (Å²) in [6, 6.07) is 3.70. The molecule has 0 aliphatic carbocycles. The Bertz CT molecular complexity index is 369. The van der Waals surface area contributed by atoms with E-state index in [0.29, 0.717) is 19.0 Å². The molecule has 0 unspecified atom stereocenters. The van der Waals surface area contributed by atoms with Gasteiger partial charge in [0.25, 0.3) is 0 Å². The normalized spacial score (nSPS) is 10.1. The van der Waals surface area contributed by atoms with Crippen LogP contribution in [0.4, 0.5) is 0 Å². The zero-order chi connectivity index (χ0) is 12.7. The van der Waals surface area contributed by atoms with Crippen molar-refractivity contribution < 1.29 is 14.3 Å². The van der Waals surface area contributed by atoms with Crippen molar-refractivity contribution in [2.75, 3.05) is 27.4 Å². The Balaban J connectivity index is 2.60. The molecule has 0 aromatic carbocycles. The third-order valence-electron chi connectivity index (χ3n) is 2.31. The zero-order valence-electron chi connectivity index (χ0n) is 10.5. The van der Waals surface area contributed by atoms with Gasteiger partial charge in [-0.3, -0.25) is 4.79 Å². The number of amides is 1. The van der Waals surface area contributed by atoms with Crippen LogP contribution in [-0.2, 0) is 16.1 Å². The highest BCUT2D eigenvalue weighted by Gasteiger charge is 2.12. The average Bonchev–Trinajstić information content (AvgIpc) is 2.36. The minimum absolute atomic E-state index is 0.0576. The number of likely N-dealkylation sites (N-methyl/N-ethyl adjacent to an activating group) is 1. The van der Waals surface area contributed by atoms with Gasteiger partial charge >= 0.3 is 0 Å². The number of pyridine rings is 1. The van der Waals surface area contributed by atoms with Crippen molar-refractivity contribution in [1.29, 1.82) is 0 Å². The predicted octanol–water partition coefficient (Wildman–Crippen LogP) is 1.09. The molecule has 1 rings (SSSR count). The first-order valence-corrected chi connectivity index (χ1v) is 5.48. The van der Waals surface area contributed by atoms with Crippen LogP contribution in [0.25, 0.3) is 0 Å². The van der Waals surface area contributed by atoms with Crippen molar-refractivity contribution in [3.05, 3.63) is 23.9 Å². The molecular weight excluding hydrogens is 220 g/mol. The molecule has 5 nitrogen and oxygen atoms in total. The number of hydrogen-bond donors (Lipinski definition) is 0. The van der Waals surface area contributed by atoms with E-state index in [9.17, 15) is 4.79 Å². The molecule has 5 heteroatoms. The van der Waals surface area contributed by atoms with Crippen molar-refractivity contribution in [2.45, 2.75) is 13.5 Å². The number of carbonyl (C=O) groups excluding carboxylic acids is 1. The Morgan fingerprint density at radius 2 is 2.29 bits per heavy atom. The van der Waals surface area contributed by atoms with Crippen LogP contribution in [0.5, 0.6) is 5.88 Å². The van der Waals surface area contributed by atoms with Gasteiger partial charge in [0.1, 0.15) is 6.61 Å². The fraction of sp³-hybridized carbons (Fsp3) is 0.500. The van der Waals surface area contributed by atoms with Gasteiger partial charge in [-0.15, -0.1) is 0 Å². The van der Waals surface area contributed by atoms with E-state index in [-0.39, 0.29) is 12.5 Å². The van der Waals surface area contributed by atoms with Gasteiger partial charge in [0.2, 0.25) is 11.8 Å². The lowest BCUT2D eigenvalue weighted by molar-refractivity contribution is -0.135. The molecule has 1 aromatic rings. The molecule has 0 N–H and O–H groups in total. The second-order valence-electron chi connectivity index (χ2n) is 3.56. The van der Waals surface area contributed by atoms with Gasteiger partial charge in [-0.25, -0.2) is 4.98 Å². The first-order chi connectivity index (χ1) is 8.19. The van der Waals surface area contributed by atoms with Crippen molar-refractivity contribution >= 4 is 5.91 Å². The first-order valence-electron chi connectivity index (χ1n) is 5.48. The van der Waals surface area contributed by atoms with E-state index in [1.54, 1.807) is 25.3 Å².